The van der Waals surface area contributed by atoms with E-state index >= 15 is 0 Å². The summed E-state index contributed by atoms with van der Waals surface area (Å²) in [6.07, 6.45) is 1.70. The zero-order chi connectivity index (χ0) is 14.0. The zero-order valence-electron chi connectivity index (χ0n) is 12.6. The molecule has 100 valence electrons. The van der Waals surface area contributed by atoms with Gasteiger partial charge >= 0.3 is 0 Å². The Bertz CT molecular complexity index is 404. The summed E-state index contributed by atoms with van der Waals surface area (Å²) in [6.45, 7) is 13.0. The minimum absolute atomic E-state index is 0.0540. The molecule has 1 rings (SSSR count). The molecule has 0 saturated heterocycles. The van der Waals surface area contributed by atoms with Crippen LogP contribution in [0.5, 0.6) is 0 Å². The van der Waals surface area contributed by atoms with Gasteiger partial charge in [-0.3, -0.25) is 4.79 Å². The molecular formula is C17H26O. The molecule has 0 N–H and O–H groups in total. The molecule has 0 atom stereocenters. The maximum Gasteiger partial charge on any atom is 0.163 e. The van der Waals surface area contributed by atoms with E-state index in [1.165, 1.54) is 5.56 Å². The number of carbonyl (C=O) groups is 1. The van der Waals surface area contributed by atoms with E-state index in [4.69, 9.17) is 0 Å². The van der Waals surface area contributed by atoms with Crippen LogP contribution in [0, 0.1) is 5.41 Å². The second kappa shape index (κ2) is 5.26. The van der Waals surface area contributed by atoms with Gasteiger partial charge in [-0.2, -0.15) is 0 Å². The molecule has 0 spiro atoms. The Hall–Kier alpha value is -1.11. The van der Waals surface area contributed by atoms with Gasteiger partial charge in [-0.05, 0) is 22.8 Å². The maximum absolute atomic E-state index is 12.1. The quantitative estimate of drug-likeness (QED) is 0.684. The Labute approximate surface area is 112 Å². The summed E-state index contributed by atoms with van der Waals surface area (Å²) in [7, 11) is 0. The fraction of sp³-hybridized carbons (Fsp3) is 0.588. The summed E-state index contributed by atoms with van der Waals surface area (Å²) < 4.78 is 0. The van der Waals surface area contributed by atoms with Gasteiger partial charge in [0.25, 0.3) is 0 Å². The molecule has 0 unspecified atom stereocenters. The van der Waals surface area contributed by atoms with Crippen LogP contribution in [0.2, 0.25) is 0 Å². The van der Waals surface area contributed by atoms with Crippen molar-refractivity contribution in [2.75, 3.05) is 0 Å². The highest BCUT2D eigenvalue weighted by Gasteiger charge is 2.20. The standard InChI is InChI=1S/C17H26O/c1-7-17(5,6)14-10-8-13(9-11-14)15(18)12-16(2,3)4/h8-11H,7,12H2,1-6H3. The predicted octanol–water partition coefficient (Wildman–Crippen LogP) is 4.99. The number of Topliss-reactive ketones (excluding diaryl/α,β-unsaturated/α-hetero) is 1. The van der Waals surface area contributed by atoms with Crippen molar-refractivity contribution in [1.82, 2.24) is 0 Å². The van der Waals surface area contributed by atoms with Crippen LogP contribution in [-0.4, -0.2) is 5.78 Å². The monoisotopic (exact) mass is 246 g/mol. The molecule has 1 heteroatoms. The molecule has 0 aromatic heterocycles. The Morgan fingerprint density at radius 1 is 1.00 bits per heavy atom. The second-order valence-electron chi connectivity index (χ2n) is 6.98. The molecule has 0 aliphatic heterocycles. The average Bonchev–Trinajstić information content (AvgIpc) is 2.27. The third-order valence-electron chi connectivity index (χ3n) is 3.56. The van der Waals surface area contributed by atoms with Crippen molar-refractivity contribution in [3.8, 4) is 0 Å². The number of rotatable bonds is 4. The number of ketones is 1. The van der Waals surface area contributed by atoms with E-state index in [0.717, 1.165) is 12.0 Å². The van der Waals surface area contributed by atoms with E-state index in [2.05, 4.69) is 53.7 Å². The Morgan fingerprint density at radius 3 is 1.89 bits per heavy atom. The zero-order valence-corrected chi connectivity index (χ0v) is 12.6. The highest BCUT2D eigenvalue weighted by atomic mass is 16.1. The Balaban J connectivity index is 2.87. The first kappa shape index (κ1) is 14.9. The van der Waals surface area contributed by atoms with Crippen LogP contribution in [0.1, 0.15) is 70.3 Å². The molecule has 0 bridgehead atoms. The molecular weight excluding hydrogens is 220 g/mol. The topological polar surface area (TPSA) is 17.1 Å². The van der Waals surface area contributed by atoms with E-state index in [0.29, 0.717) is 6.42 Å². The van der Waals surface area contributed by atoms with Gasteiger partial charge in [0.15, 0.2) is 5.78 Å². The molecule has 0 aliphatic rings. The first-order chi connectivity index (χ1) is 8.15. The number of hydrogen-bond acceptors (Lipinski definition) is 1. The summed E-state index contributed by atoms with van der Waals surface area (Å²) in [4.78, 5) is 12.1. The lowest BCUT2D eigenvalue weighted by atomic mass is 9.81. The Morgan fingerprint density at radius 2 is 1.50 bits per heavy atom. The maximum atomic E-state index is 12.1. The van der Waals surface area contributed by atoms with Crippen LogP contribution in [0.3, 0.4) is 0 Å². The number of hydrogen-bond donors (Lipinski definition) is 0. The van der Waals surface area contributed by atoms with E-state index in [9.17, 15) is 4.79 Å². The van der Waals surface area contributed by atoms with Crippen molar-refractivity contribution in [2.45, 2.75) is 59.8 Å². The lowest BCUT2D eigenvalue weighted by Gasteiger charge is -2.23. The molecule has 1 nitrogen and oxygen atoms in total. The van der Waals surface area contributed by atoms with Crippen molar-refractivity contribution in [2.24, 2.45) is 5.41 Å². The van der Waals surface area contributed by atoms with Crippen LogP contribution < -0.4 is 0 Å². The van der Waals surface area contributed by atoms with Gasteiger partial charge in [-0.1, -0.05) is 65.8 Å². The summed E-state index contributed by atoms with van der Waals surface area (Å²) >= 11 is 0. The third-order valence-corrected chi connectivity index (χ3v) is 3.56. The highest BCUT2D eigenvalue weighted by molar-refractivity contribution is 5.96. The van der Waals surface area contributed by atoms with E-state index < -0.39 is 0 Å². The molecule has 0 fully saturated rings. The molecule has 0 aliphatic carbocycles. The summed E-state index contributed by atoms with van der Waals surface area (Å²) in [6, 6.07) is 8.14. The van der Waals surface area contributed by atoms with Crippen LogP contribution in [-0.2, 0) is 5.41 Å². The van der Waals surface area contributed by atoms with Gasteiger partial charge in [0.05, 0.1) is 0 Å². The largest absolute Gasteiger partial charge is 0.294 e. The van der Waals surface area contributed by atoms with Gasteiger partial charge < -0.3 is 0 Å². The van der Waals surface area contributed by atoms with Gasteiger partial charge in [-0.15, -0.1) is 0 Å². The molecule has 0 radical (unpaired) electrons. The molecule has 0 amide bonds. The average molecular weight is 246 g/mol. The van der Waals surface area contributed by atoms with Gasteiger partial charge in [0.1, 0.15) is 0 Å². The summed E-state index contributed by atoms with van der Waals surface area (Å²) in [5.41, 5.74) is 2.38. The smallest absolute Gasteiger partial charge is 0.163 e. The van der Waals surface area contributed by atoms with Crippen LogP contribution in [0.4, 0.5) is 0 Å². The van der Waals surface area contributed by atoms with Crippen molar-refractivity contribution in [3.63, 3.8) is 0 Å². The fourth-order valence-electron chi connectivity index (χ4n) is 1.90. The molecule has 0 heterocycles. The lowest BCUT2D eigenvalue weighted by molar-refractivity contribution is 0.0940. The number of carbonyl (C=O) groups excluding carboxylic acids is 1. The van der Waals surface area contributed by atoms with Gasteiger partial charge in [0.2, 0.25) is 0 Å². The summed E-state index contributed by atoms with van der Waals surface area (Å²) in [5.74, 6) is 0.239. The first-order valence-corrected chi connectivity index (χ1v) is 6.79. The Kier molecular flexibility index (Phi) is 4.37. The fourth-order valence-corrected chi connectivity index (χ4v) is 1.90. The highest BCUT2D eigenvalue weighted by Crippen LogP contribution is 2.27. The van der Waals surface area contributed by atoms with Crippen LogP contribution >= 0.6 is 0 Å². The minimum atomic E-state index is 0.0540. The molecule has 0 saturated carbocycles. The van der Waals surface area contributed by atoms with Crippen LogP contribution in [0.15, 0.2) is 24.3 Å². The van der Waals surface area contributed by atoms with Gasteiger partial charge in [-0.25, -0.2) is 0 Å². The number of benzene rings is 1. The predicted molar refractivity (Wildman–Crippen MR) is 78.2 cm³/mol. The van der Waals surface area contributed by atoms with Crippen LogP contribution in [0.25, 0.3) is 0 Å². The second-order valence-corrected chi connectivity index (χ2v) is 6.98. The SMILES string of the molecule is CCC(C)(C)c1ccc(C(=O)CC(C)(C)C)cc1. The minimum Gasteiger partial charge on any atom is -0.294 e. The normalized spacial score (nSPS) is 12.6. The van der Waals surface area contributed by atoms with E-state index in [-0.39, 0.29) is 16.6 Å². The molecule has 18 heavy (non-hydrogen) atoms. The van der Waals surface area contributed by atoms with Crippen molar-refractivity contribution in [1.29, 1.82) is 0 Å². The lowest BCUT2D eigenvalue weighted by Crippen LogP contribution is -2.16. The van der Waals surface area contributed by atoms with E-state index in [1.807, 2.05) is 12.1 Å². The first-order valence-electron chi connectivity index (χ1n) is 6.79. The van der Waals surface area contributed by atoms with E-state index in [1.54, 1.807) is 0 Å². The van der Waals surface area contributed by atoms with Gasteiger partial charge in [0, 0.05) is 12.0 Å². The molecule has 1 aromatic carbocycles. The van der Waals surface area contributed by atoms with Crippen molar-refractivity contribution < 1.29 is 4.79 Å². The third kappa shape index (κ3) is 3.97. The molecule has 1 aromatic rings. The van der Waals surface area contributed by atoms with Crippen molar-refractivity contribution in [3.05, 3.63) is 35.4 Å². The van der Waals surface area contributed by atoms with Crippen molar-refractivity contribution >= 4 is 5.78 Å². The summed E-state index contributed by atoms with van der Waals surface area (Å²) in [5, 5.41) is 0.